The largest absolute Gasteiger partial charge is 0.459 e. The number of amides is 2. The quantitative estimate of drug-likeness (QED) is 0.402. The molecule has 6 nitrogen and oxygen atoms in total. The lowest BCUT2D eigenvalue weighted by Gasteiger charge is -2.07. The Labute approximate surface area is 187 Å². The second-order valence-corrected chi connectivity index (χ2v) is 8.19. The standard InChI is InChI=1S/C23H18ClN3O3S/c1-14-20(31-23(26-14)16-6-8-17(24)9-7-16)22(29)25-13-15-4-10-18(11-5-15)27-21(28)19-3-2-12-30-19/h2-12H,13H2,1H3,(H,25,29)(H,27,28). The number of carbonyl (C=O) groups is 2. The molecule has 4 rings (SSSR count). The molecule has 2 N–H and O–H groups in total. The van der Waals surface area contributed by atoms with Crippen LogP contribution in [0.25, 0.3) is 10.6 Å². The molecule has 0 aliphatic carbocycles. The van der Waals surface area contributed by atoms with Crippen LogP contribution in [0.5, 0.6) is 0 Å². The van der Waals surface area contributed by atoms with E-state index < -0.39 is 0 Å². The predicted octanol–water partition coefficient (Wildman–Crippen LogP) is 5.55. The van der Waals surface area contributed by atoms with Crippen LogP contribution in [0.3, 0.4) is 0 Å². The van der Waals surface area contributed by atoms with Crippen LogP contribution < -0.4 is 10.6 Å². The normalized spacial score (nSPS) is 10.6. The molecule has 2 aromatic heterocycles. The van der Waals surface area contributed by atoms with Gasteiger partial charge in [0.2, 0.25) is 0 Å². The van der Waals surface area contributed by atoms with E-state index in [9.17, 15) is 9.59 Å². The van der Waals surface area contributed by atoms with Crippen LogP contribution in [-0.2, 0) is 6.54 Å². The number of rotatable bonds is 6. The third-order valence-corrected chi connectivity index (χ3v) is 5.96. The van der Waals surface area contributed by atoms with Crippen LogP contribution in [0, 0.1) is 6.92 Å². The van der Waals surface area contributed by atoms with Gasteiger partial charge in [0.05, 0.1) is 12.0 Å². The van der Waals surface area contributed by atoms with Gasteiger partial charge in [-0.1, -0.05) is 35.9 Å². The third-order valence-electron chi connectivity index (χ3n) is 4.50. The van der Waals surface area contributed by atoms with Crippen LogP contribution in [-0.4, -0.2) is 16.8 Å². The molecule has 0 atom stereocenters. The van der Waals surface area contributed by atoms with E-state index in [-0.39, 0.29) is 17.6 Å². The molecule has 4 aromatic rings. The molecule has 156 valence electrons. The summed E-state index contributed by atoms with van der Waals surface area (Å²) in [6.45, 7) is 2.18. The first-order valence-electron chi connectivity index (χ1n) is 9.45. The molecule has 2 amide bonds. The second-order valence-electron chi connectivity index (χ2n) is 6.75. The van der Waals surface area contributed by atoms with Crippen molar-refractivity contribution >= 4 is 40.4 Å². The summed E-state index contributed by atoms with van der Waals surface area (Å²) >= 11 is 7.28. The van der Waals surface area contributed by atoms with E-state index >= 15 is 0 Å². The number of hydrogen-bond acceptors (Lipinski definition) is 5. The molecule has 8 heteroatoms. The Balaban J connectivity index is 1.36. The maximum atomic E-state index is 12.7. The SMILES string of the molecule is Cc1nc(-c2ccc(Cl)cc2)sc1C(=O)NCc1ccc(NC(=O)c2ccco2)cc1. The molecule has 0 aliphatic rings. The molecule has 0 saturated heterocycles. The molecule has 0 radical (unpaired) electrons. The summed E-state index contributed by atoms with van der Waals surface area (Å²) in [7, 11) is 0. The number of carbonyl (C=O) groups excluding carboxylic acids is 2. The zero-order chi connectivity index (χ0) is 21.8. The number of furan rings is 1. The van der Waals surface area contributed by atoms with Gasteiger partial charge in [-0.2, -0.15) is 0 Å². The van der Waals surface area contributed by atoms with Gasteiger partial charge in [0.1, 0.15) is 9.88 Å². The Morgan fingerprint density at radius 3 is 2.45 bits per heavy atom. The fraction of sp³-hybridized carbons (Fsp3) is 0.0870. The van der Waals surface area contributed by atoms with Gasteiger partial charge in [0.15, 0.2) is 5.76 Å². The topological polar surface area (TPSA) is 84.2 Å². The molecule has 31 heavy (non-hydrogen) atoms. The number of aryl methyl sites for hydroxylation is 1. The molecular weight excluding hydrogens is 434 g/mol. The van der Waals surface area contributed by atoms with Crippen LogP contribution in [0.15, 0.2) is 71.3 Å². The maximum Gasteiger partial charge on any atom is 0.291 e. The highest BCUT2D eigenvalue weighted by atomic mass is 35.5. The minimum absolute atomic E-state index is 0.176. The fourth-order valence-electron chi connectivity index (χ4n) is 2.89. The first-order valence-corrected chi connectivity index (χ1v) is 10.6. The molecule has 0 bridgehead atoms. The zero-order valence-corrected chi connectivity index (χ0v) is 18.1. The van der Waals surface area contributed by atoms with Gasteiger partial charge in [-0.05, 0) is 48.9 Å². The van der Waals surface area contributed by atoms with E-state index in [0.717, 1.165) is 16.1 Å². The Bertz CT molecular complexity index is 1200. The molecule has 0 aliphatic heterocycles. The minimum Gasteiger partial charge on any atom is -0.459 e. The van der Waals surface area contributed by atoms with Crippen LogP contribution in [0.2, 0.25) is 5.02 Å². The van der Waals surface area contributed by atoms with Crippen molar-refractivity contribution in [2.75, 3.05) is 5.32 Å². The average molecular weight is 452 g/mol. The van der Waals surface area contributed by atoms with Crippen molar-refractivity contribution in [3.63, 3.8) is 0 Å². The van der Waals surface area contributed by atoms with Gasteiger partial charge in [-0.3, -0.25) is 9.59 Å². The smallest absolute Gasteiger partial charge is 0.291 e. The van der Waals surface area contributed by atoms with Gasteiger partial charge in [-0.15, -0.1) is 11.3 Å². The lowest BCUT2D eigenvalue weighted by atomic mass is 10.2. The molecule has 0 unspecified atom stereocenters. The van der Waals surface area contributed by atoms with Crippen molar-refractivity contribution in [1.29, 1.82) is 0 Å². The number of nitrogens with one attached hydrogen (secondary N) is 2. The van der Waals surface area contributed by atoms with Crippen LogP contribution >= 0.6 is 22.9 Å². The highest BCUT2D eigenvalue weighted by Gasteiger charge is 2.16. The minimum atomic E-state index is -0.316. The molecule has 0 saturated carbocycles. The lowest BCUT2D eigenvalue weighted by Crippen LogP contribution is -2.22. The Morgan fingerprint density at radius 2 is 1.77 bits per heavy atom. The summed E-state index contributed by atoms with van der Waals surface area (Å²) < 4.78 is 5.07. The number of benzene rings is 2. The van der Waals surface area contributed by atoms with E-state index in [1.54, 1.807) is 36.4 Å². The first kappa shape index (κ1) is 20.8. The van der Waals surface area contributed by atoms with Crippen molar-refractivity contribution in [3.05, 3.63) is 93.8 Å². The van der Waals surface area contributed by atoms with Crippen molar-refractivity contribution in [2.24, 2.45) is 0 Å². The molecule has 2 heterocycles. The number of thiazole rings is 1. The Hall–Kier alpha value is -3.42. The van der Waals surface area contributed by atoms with Crippen LogP contribution in [0.4, 0.5) is 5.69 Å². The van der Waals surface area contributed by atoms with Gasteiger partial charge < -0.3 is 15.1 Å². The van der Waals surface area contributed by atoms with Crippen molar-refractivity contribution in [1.82, 2.24) is 10.3 Å². The monoisotopic (exact) mass is 451 g/mol. The lowest BCUT2D eigenvalue weighted by molar-refractivity contribution is 0.0953. The first-order chi connectivity index (χ1) is 15.0. The number of anilines is 1. The molecule has 0 fully saturated rings. The molecule has 0 spiro atoms. The van der Waals surface area contributed by atoms with E-state index in [2.05, 4.69) is 15.6 Å². The highest BCUT2D eigenvalue weighted by molar-refractivity contribution is 7.17. The molecule has 2 aromatic carbocycles. The van der Waals surface area contributed by atoms with E-state index in [0.29, 0.717) is 27.8 Å². The van der Waals surface area contributed by atoms with E-state index in [1.807, 2.05) is 31.2 Å². The average Bonchev–Trinajstić information content (AvgIpc) is 3.44. The van der Waals surface area contributed by atoms with Gasteiger partial charge in [-0.25, -0.2) is 4.98 Å². The highest BCUT2D eigenvalue weighted by Crippen LogP contribution is 2.28. The summed E-state index contributed by atoms with van der Waals surface area (Å²) in [6, 6.07) is 17.9. The molecular formula is C23H18ClN3O3S. The van der Waals surface area contributed by atoms with Crippen LogP contribution in [0.1, 0.15) is 31.5 Å². The van der Waals surface area contributed by atoms with Crippen molar-refractivity contribution in [3.8, 4) is 10.6 Å². The van der Waals surface area contributed by atoms with E-state index in [4.69, 9.17) is 16.0 Å². The fourth-order valence-corrected chi connectivity index (χ4v) is 4.01. The summed E-state index contributed by atoms with van der Waals surface area (Å²) in [5, 5.41) is 7.11. The maximum absolute atomic E-state index is 12.7. The number of hydrogen-bond donors (Lipinski definition) is 2. The van der Waals surface area contributed by atoms with Gasteiger partial charge in [0.25, 0.3) is 11.8 Å². The number of nitrogens with zero attached hydrogens (tertiary/aromatic N) is 1. The second kappa shape index (κ2) is 9.16. The van der Waals surface area contributed by atoms with Gasteiger partial charge in [0, 0.05) is 22.8 Å². The Kier molecular flexibility index (Phi) is 6.16. The Morgan fingerprint density at radius 1 is 1.03 bits per heavy atom. The summed E-state index contributed by atoms with van der Waals surface area (Å²) in [5.41, 5.74) is 3.15. The summed E-state index contributed by atoms with van der Waals surface area (Å²) in [6.07, 6.45) is 1.45. The summed E-state index contributed by atoms with van der Waals surface area (Å²) in [4.78, 5) is 29.8. The summed E-state index contributed by atoms with van der Waals surface area (Å²) in [5.74, 6) is -0.247. The third kappa shape index (κ3) is 5.02. The van der Waals surface area contributed by atoms with E-state index in [1.165, 1.54) is 17.6 Å². The van der Waals surface area contributed by atoms with Crippen molar-refractivity contribution in [2.45, 2.75) is 13.5 Å². The number of aromatic nitrogens is 1. The zero-order valence-electron chi connectivity index (χ0n) is 16.5. The van der Waals surface area contributed by atoms with Gasteiger partial charge >= 0.3 is 0 Å². The number of halogens is 1. The van der Waals surface area contributed by atoms with Crippen molar-refractivity contribution < 1.29 is 14.0 Å². The predicted molar refractivity (Wildman–Crippen MR) is 122 cm³/mol.